The second-order valence-corrected chi connectivity index (χ2v) is 11.4. The lowest BCUT2D eigenvalue weighted by Crippen LogP contribution is -2.23. The highest BCUT2D eigenvalue weighted by molar-refractivity contribution is 5.73. The van der Waals surface area contributed by atoms with E-state index in [0.717, 1.165) is 32.1 Å². The quantitative estimate of drug-likeness (QED) is 0.151. The SMILES string of the molecule is CC(C)(CCCCCCCCCCC(=O)O)CCCCCCCCCCC(C)(C)C(=O)O. The Morgan fingerprint density at radius 3 is 1.16 bits per heavy atom. The molecule has 0 unspecified atom stereocenters. The molecule has 0 fully saturated rings. The van der Waals surface area contributed by atoms with Crippen molar-refractivity contribution in [2.24, 2.45) is 10.8 Å². The molecule has 0 saturated carbocycles. The van der Waals surface area contributed by atoms with Crippen LogP contribution in [0.2, 0.25) is 0 Å². The zero-order valence-electron chi connectivity index (χ0n) is 21.9. The number of rotatable bonds is 23. The fraction of sp³-hybridized carbons (Fsp3) is 0.929. The van der Waals surface area contributed by atoms with Crippen LogP contribution in [0.1, 0.15) is 156 Å². The van der Waals surface area contributed by atoms with Crippen LogP contribution in [0, 0.1) is 10.8 Å². The highest BCUT2D eigenvalue weighted by Gasteiger charge is 2.25. The van der Waals surface area contributed by atoms with Crippen LogP contribution in [0.4, 0.5) is 0 Å². The van der Waals surface area contributed by atoms with Crippen molar-refractivity contribution in [3.8, 4) is 0 Å². The molecule has 0 aliphatic carbocycles. The van der Waals surface area contributed by atoms with Crippen molar-refractivity contribution in [1.82, 2.24) is 0 Å². The molecule has 0 rings (SSSR count). The minimum absolute atomic E-state index is 0.323. The predicted octanol–water partition coefficient (Wildman–Crippen LogP) is 9.01. The Hall–Kier alpha value is -1.06. The highest BCUT2D eigenvalue weighted by Crippen LogP contribution is 2.30. The molecular formula is C28H54O4. The number of hydrogen-bond donors (Lipinski definition) is 2. The number of unbranched alkanes of at least 4 members (excludes halogenated alkanes) is 14. The first-order chi connectivity index (χ1) is 15.1. The molecule has 0 radical (unpaired) electrons. The zero-order chi connectivity index (χ0) is 24.3. The molecule has 0 aliphatic heterocycles. The molecular weight excluding hydrogens is 400 g/mol. The lowest BCUT2D eigenvalue weighted by molar-refractivity contribution is -0.147. The van der Waals surface area contributed by atoms with Gasteiger partial charge in [-0.3, -0.25) is 9.59 Å². The Balaban J connectivity index is 3.45. The summed E-state index contributed by atoms with van der Waals surface area (Å²) in [5.74, 6) is -1.35. The van der Waals surface area contributed by atoms with E-state index >= 15 is 0 Å². The van der Waals surface area contributed by atoms with Gasteiger partial charge in [-0.15, -0.1) is 0 Å². The maximum Gasteiger partial charge on any atom is 0.309 e. The Labute approximate surface area is 199 Å². The molecule has 0 bridgehead atoms. The summed E-state index contributed by atoms with van der Waals surface area (Å²) >= 11 is 0. The maximum absolute atomic E-state index is 11.1. The molecule has 0 amide bonds. The standard InChI is InChI=1S/C28H54O4/c1-27(2,22-18-14-10-6-5-9-13-17-21-25(29)30)23-19-15-11-7-8-12-16-20-24-28(3,4)26(31)32/h5-24H2,1-4H3,(H,29,30)(H,31,32). The van der Waals surface area contributed by atoms with E-state index in [0.29, 0.717) is 11.8 Å². The first-order valence-corrected chi connectivity index (χ1v) is 13.5. The third-order valence-corrected chi connectivity index (χ3v) is 6.98. The predicted molar refractivity (Wildman–Crippen MR) is 135 cm³/mol. The Bertz CT molecular complexity index is 482. The van der Waals surface area contributed by atoms with Gasteiger partial charge in [-0.25, -0.2) is 0 Å². The van der Waals surface area contributed by atoms with Gasteiger partial charge in [0.15, 0.2) is 0 Å². The zero-order valence-corrected chi connectivity index (χ0v) is 21.9. The minimum Gasteiger partial charge on any atom is -0.481 e. The van der Waals surface area contributed by atoms with Crippen LogP contribution in [0.5, 0.6) is 0 Å². The fourth-order valence-electron chi connectivity index (χ4n) is 4.40. The average molecular weight is 455 g/mol. The van der Waals surface area contributed by atoms with E-state index in [1.165, 1.54) is 89.9 Å². The largest absolute Gasteiger partial charge is 0.481 e. The average Bonchev–Trinajstić information content (AvgIpc) is 2.70. The molecule has 4 heteroatoms. The van der Waals surface area contributed by atoms with Gasteiger partial charge < -0.3 is 10.2 Å². The van der Waals surface area contributed by atoms with Crippen LogP contribution >= 0.6 is 0 Å². The van der Waals surface area contributed by atoms with Crippen LogP contribution in [-0.4, -0.2) is 22.2 Å². The van der Waals surface area contributed by atoms with Crippen molar-refractivity contribution in [3.05, 3.63) is 0 Å². The van der Waals surface area contributed by atoms with Gasteiger partial charge in [0.1, 0.15) is 0 Å². The van der Waals surface area contributed by atoms with Gasteiger partial charge >= 0.3 is 11.9 Å². The molecule has 0 spiro atoms. The van der Waals surface area contributed by atoms with Gasteiger partial charge in [0, 0.05) is 6.42 Å². The van der Waals surface area contributed by atoms with Crippen molar-refractivity contribution in [3.63, 3.8) is 0 Å². The van der Waals surface area contributed by atoms with E-state index < -0.39 is 17.4 Å². The molecule has 0 saturated heterocycles. The lowest BCUT2D eigenvalue weighted by atomic mass is 9.81. The van der Waals surface area contributed by atoms with E-state index in [2.05, 4.69) is 13.8 Å². The van der Waals surface area contributed by atoms with Crippen LogP contribution in [-0.2, 0) is 9.59 Å². The fourth-order valence-corrected chi connectivity index (χ4v) is 4.40. The third kappa shape index (κ3) is 19.6. The second-order valence-electron chi connectivity index (χ2n) is 11.4. The first kappa shape index (κ1) is 30.9. The Kier molecular flexibility index (Phi) is 17.8. The molecule has 190 valence electrons. The van der Waals surface area contributed by atoms with Crippen molar-refractivity contribution in [2.75, 3.05) is 0 Å². The van der Waals surface area contributed by atoms with Crippen molar-refractivity contribution in [1.29, 1.82) is 0 Å². The molecule has 0 aromatic rings. The van der Waals surface area contributed by atoms with Crippen LogP contribution in [0.25, 0.3) is 0 Å². The number of hydrogen-bond acceptors (Lipinski definition) is 2. The molecule has 0 aromatic carbocycles. The van der Waals surface area contributed by atoms with E-state index in [1.807, 2.05) is 13.8 Å². The van der Waals surface area contributed by atoms with Crippen molar-refractivity contribution < 1.29 is 19.8 Å². The summed E-state index contributed by atoms with van der Waals surface area (Å²) in [5.41, 5.74) is -0.106. The molecule has 0 aromatic heterocycles. The van der Waals surface area contributed by atoms with Crippen molar-refractivity contribution >= 4 is 11.9 Å². The number of aliphatic carboxylic acids is 2. The third-order valence-electron chi connectivity index (χ3n) is 6.98. The van der Waals surface area contributed by atoms with Gasteiger partial charge in [0.2, 0.25) is 0 Å². The van der Waals surface area contributed by atoms with Crippen molar-refractivity contribution in [2.45, 2.75) is 156 Å². The van der Waals surface area contributed by atoms with Crippen LogP contribution in [0.15, 0.2) is 0 Å². The molecule has 2 N–H and O–H groups in total. The van der Waals surface area contributed by atoms with Crippen LogP contribution < -0.4 is 0 Å². The lowest BCUT2D eigenvalue weighted by Gasteiger charge is -2.24. The molecule has 32 heavy (non-hydrogen) atoms. The van der Waals surface area contributed by atoms with Gasteiger partial charge in [-0.1, -0.05) is 110 Å². The normalized spacial score (nSPS) is 12.2. The second kappa shape index (κ2) is 18.4. The smallest absolute Gasteiger partial charge is 0.309 e. The summed E-state index contributed by atoms with van der Waals surface area (Å²) in [6.45, 7) is 8.50. The van der Waals surface area contributed by atoms with E-state index in [1.54, 1.807) is 0 Å². The first-order valence-electron chi connectivity index (χ1n) is 13.5. The summed E-state index contributed by atoms with van der Waals surface area (Å²) in [5, 5.41) is 17.8. The summed E-state index contributed by atoms with van der Waals surface area (Å²) in [6.07, 6.45) is 23.5. The molecule has 0 heterocycles. The van der Waals surface area contributed by atoms with E-state index in [9.17, 15) is 9.59 Å². The summed E-state index contributed by atoms with van der Waals surface area (Å²) < 4.78 is 0. The molecule has 0 atom stereocenters. The number of carbonyl (C=O) groups is 2. The monoisotopic (exact) mass is 454 g/mol. The summed E-state index contributed by atoms with van der Waals surface area (Å²) in [6, 6.07) is 0. The minimum atomic E-state index is -0.679. The maximum atomic E-state index is 11.1. The summed E-state index contributed by atoms with van der Waals surface area (Å²) in [7, 11) is 0. The van der Waals surface area contributed by atoms with E-state index in [4.69, 9.17) is 10.2 Å². The molecule has 4 nitrogen and oxygen atoms in total. The van der Waals surface area contributed by atoms with Gasteiger partial charge in [-0.2, -0.15) is 0 Å². The summed E-state index contributed by atoms with van der Waals surface area (Å²) in [4.78, 5) is 21.6. The molecule has 0 aliphatic rings. The number of carboxylic acids is 2. The van der Waals surface area contributed by atoms with Gasteiger partial charge in [-0.05, 0) is 44.9 Å². The number of carboxylic acid groups (broad SMARTS) is 2. The van der Waals surface area contributed by atoms with E-state index in [-0.39, 0.29) is 0 Å². The highest BCUT2D eigenvalue weighted by atomic mass is 16.4. The van der Waals surface area contributed by atoms with Gasteiger partial charge in [0.05, 0.1) is 5.41 Å². The Morgan fingerprint density at radius 2 is 0.812 bits per heavy atom. The van der Waals surface area contributed by atoms with Gasteiger partial charge in [0.25, 0.3) is 0 Å². The topological polar surface area (TPSA) is 74.6 Å². The van der Waals surface area contributed by atoms with Crippen LogP contribution in [0.3, 0.4) is 0 Å². The Morgan fingerprint density at radius 1 is 0.500 bits per heavy atom.